The first-order valence-electron chi connectivity index (χ1n) is 10.3. The molecule has 2 heterocycles. The van der Waals surface area contributed by atoms with E-state index in [0.717, 1.165) is 52.8 Å². The Morgan fingerprint density at radius 3 is 2.58 bits per heavy atom. The molecule has 0 fully saturated rings. The largest absolute Gasteiger partial charge is 0.343 e. The van der Waals surface area contributed by atoms with E-state index in [9.17, 15) is 4.79 Å². The first-order valence-corrected chi connectivity index (χ1v) is 11.1. The Kier molecular flexibility index (Phi) is 5.38. The van der Waals surface area contributed by atoms with Crippen LogP contribution in [0.3, 0.4) is 0 Å². The number of carbonyl (C=O) groups is 1. The van der Waals surface area contributed by atoms with Crippen LogP contribution in [0, 0.1) is 0 Å². The van der Waals surface area contributed by atoms with Crippen molar-refractivity contribution < 1.29 is 4.79 Å². The monoisotopic (exact) mass is 476 g/mol. The van der Waals surface area contributed by atoms with Crippen LogP contribution < -0.4 is 5.32 Å². The molecule has 0 saturated heterocycles. The zero-order valence-corrected chi connectivity index (χ0v) is 18.4. The van der Waals surface area contributed by atoms with E-state index in [4.69, 9.17) is 5.10 Å². The fraction of sp³-hybridized carbons (Fsp3) is 0.217. The number of hydrogen-bond donors (Lipinski definition) is 1. The van der Waals surface area contributed by atoms with Crippen LogP contribution in [0.5, 0.6) is 0 Å². The molecule has 8 heteroatoms. The van der Waals surface area contributed by atoms with Gasteiger partial charge >= 0.3 is 0 Å². The summed E-state index contributed by atoms with van der Waals surface area (Å²) in [6.45, 7) is 0.271. The van der Waals surface area contributed by atoms with Crippen LogP contribution >= 0.6 is 15.9 Å². The van der Waals surface area contributed by atoms with Crippen LogP contribution in [0.2, 0.25) is 0 Å². The Morgan fingerprint density at radius 2 is 1.77 bits per heavy atom. The standard InChI is InChI=1S/C23H21BrN6O/c24-16-10-12-18(13-11-16)30-20-9-5-4-8-19(20)22(28-30)23(31)25-14-21-27-26-15-29(21)17-6-2-1-3-7-17/h1-3,6-7,10-13,15H,4-5,8-9,14H2,(H,25,31). The highest BCUT2D eigenvalue weighted by molar-refractivity contribution is 9.10. The van der Waals surface area contributed by atoms with Gasteiger partial charge in [-0.05, 0) is 62.1 Å². The van der Waals surface area contributed by atoms with Crippen molar-refractivity contribution in [3.05, 3.63) is 88.2 Å². The summed E-state index contributed by atoms with van der Waals surface area (Å²) in [6, 6.07) is 17.8. The maximum atomic E-state index is 13.1. The van der Waals surface area contributed by atoms with E-state index < -0.39 is 0 Å². The molecule has 4 aromatic rings. The third-order valence-corrected chi connectivity index (χ3v) is 6.05. The van der Waals surface area contributed by atoms with Gasteiger partial charge in [0.1, 0.15) is 6.33 Å². The Labute approximate surface area is 188 Å². The molecule has 31 heavy (non-hydrogen) atoms. The third kappa shape index (κ3) is 3.90. The van der Waals surface area contributed by atoms with Crippen LogP contribution in [-0.2, 0) is 19.4 Å². The Balaban J connectivity index is 1.41. The van der Waals surface area contributed by atoms with E-state index in [1.165, 1.54) is 0 Å². The van der Waals surface area contributed by atoms with Gasteiger partial charge < -0.3 is 5.32 Å². The molecule has 156 valence electrons. The average molecular weight is 477 g/mol. The molecular weight excluding hydrogens is 456 g/mol. The van der Waals surface area contributed by atoms with Crippen LogP contribution in [0.4, 0.5) is 0 Å². The quantitative estimate of drug-likeness (QED) is 0.471. The van der Waals surface area contributed by atoms with Gasteiger partial charge in [0.15, 0.2) is 11.5 Å². The number of aromatic nitrogens is 5. The summed E-state index contributed by atoms with van der Waals surface area (Å²) in [6.07, 6.45) is 5.63. The number of nitrogens with zero attached hydrogens (tertiary/aromatic N) is 5. The summed E-state index contributed by atoms with van der Waals surface area (Å²) in [7, 11) is 0. The number of amides is 1. The predicted molar refractivity (Wildman–Crippen MR) is 120 cm³/mol. The van der Waals surface area contributed by atoms with E-state index in [1.807, 2.05) is 63.8 Å². The molecule has 5 rings (SSSR count). The molecule has 0 saturated carbocycles. The first-order chi connectivity index (χ1) is 15.2. The predicted octanol–water partition coefficient (Wildman–Crippen LogP) is 4.02. The van der Waals surface area contributed by atoms with Gasteiger partial charge in [0.05, 0.1) is 12.2 Å². The third-order valence-electron chi connectivity index (χ3n) is 5.53. The van der Waals surface area contributed by atoms with Crippen molar-refractivity contribution in [1.82, 2.24) is 29.9 Å². The molecule has 1 amide bonds. The van der Waals surface area contributed by atoms with Crippen molar-refractivity contribution in [2.75, 3.05) is 0 Å². The van der Waals surface area contributed by atoms with Gasteiger partial charge in [-0.3, -0.25) is 9.36 Å². The van der Waals surface area contributed by atoms with E-state index in [2.05, 4.69) is 31.4 Å². The van der Waals surface area contributed by atoms with Crippen molar-refractivity contribution in [2.24, 2.45) is 0 Å². The minimum Gasteiger partial charge on any atom is -0.343 e. The van der Waals surface area contributed by atoms with Crippen molar-refractivity contribution in [3.63, 3.8) is 0 Å². The zero-order valence-electron chi connectivity index (χ0n) is 16.8. The highest BCUT2D eigenvalue weighted by Crippen LogP contribution is 2.27. The summed E-state index contributed by atoms with van der Waals surface area (Å²) in [5.41, 5.74) is 4.60. The van der Waals surface area contributed by atoms with Crippen LogP contribution in [0.25, 0.3) is 11.4 Å². The lowest BCUT2D eigenvalue weighted by atomic mass is 9.95. The number of benzene rings is 2. The minimum atomic E-state index is -0.184. The fourth-order valence-corrected chi connectivity index (χ4v) is 4.27. The number of para-hydroxylation sites is 1. The Bertz CT molecular complexity index is 1210. The maximum Gasteiger partial charge on any atom is 0.272 e. The van der Waals surface area contributed by atoms with Gasteiger partial charge in [0, 0.05) is 21.4 Å². The molecular formula is C23H21BrN6O. The van der Waals surface area contributed by atoms with Crippen molar-refractivity contribution in [2.45, 2.75) is 32.2 Å². The average Bonchev–Trinajstić information content (AvgIpc) is 3.44. The summed E-state index contributed by atoms with van der Waals surface area (Å²) in [4.78, 5) is 13.1. The highest BCUT2D eigenvalue weighted by Gasteiger charge is 2.25. The van der Waals surface area contributed by atoms with Crippen LogP contribution in [0.15, 0.2) is 65.4 Å². The molecule has 0 radical (unpaired) electrons. The van der Waals surface area contributed by atoms with Gasteiger partial charge in [-0.2, -0.15) is 5.10 Å². The molecule has 0 spiro atoms. The maximum absolute atomic E-state index is 13.1. The lowest BCUT2D eigenvalue weighted by Crippen LogP contribution is -2.26. The van der Waals surface area contributed by atoms with E-state index >= 15 is 0 Å². The first kappa shape index (κ1) is 19.7. The number of rotatable bonds is 5. The molecule has 1 aliphatic rings. The summed E-state index contributed by atoms with van der Waals surface area (Å²) < 4.78 is 4.80. The van der Waals surface area contributed by atoms with Gasteiger partial charge in [-0.25, -0.2) is 4.68 Å². The topological polar surface area (TPSA) is 77.6 Å². The molecule has 1 aliphatic carbocycles. The van der Waals surface area contributed by atoms with Gasteiger partial charge in [0.25, 0.3) is 5.91 Å². The molecule has 0 unspecified atom stereocenters. The SMILES string of the molecule is O=C(NCc1nncn1-c1ccccc1)c1nn(-c2ccc(Br)cc2)c2c1CCCC2. The van der Waals surface area contributed by atoms with Crippen LogP contribution in [-0.4, -0.2) is 30.5 Å². The van der Waals surface area contributed by atoms with Crippen molar-refractivity contribution in [1.29, 1.82) is 0 Å². The number of halogens is 1. The number of carbonyl (C=O) groups excluding carboxylic acids is 1. The molecule has 0 atom stereocenters. The molecule has 2 aromatic carbocycles. The smallest absolute Gasteiger partial charge is 0.272 e. The van der Waals surface area contributed by atoms with Crippen LogP contribution in [0.1, 0.15) is 40.4 Å². The second kappa shape index (κ2) is 8.47. The normalized spacial score (nSPS) is 13.1. The van der Waals surface area contributed by atoms with Gasteiger partial charge in [0.2, 0.25) is 0 Å². The van der Waals surface area contributed by atoms with Crippen molar-refractivity contribution in [3.8, 4) is 11.4 Å². The second-order valence-corrected chi connectivity index (χ2v) is 8.42. The molecule has 0 aliphatic heterocycles. The Morgan fingerprint density at radius 1 is 1.00 bits per heavy atom. The number of fused-ring (bicyclic) bond motifs is 1. The zero-order chi connectivity index (χ0) is 21.2. The lowest BCUT2D eigenvalue weighted by Gasteiger charge is -2.14. The van der Waals surface area contributed by atoms with E-state index in [0.29, 0.717) is 11.5 Å². The van der Waals surface area contributed by atoms with E-state index in [1.54, 1.807) is 6.33 Å². The molecule has 0 bridgehead atoms. The summed E-state index contributed by atoms with van der Waals surface area (Å²) >= 11 is 3.48. The highest BCUT2D eigenvalue weighted by atomic mass is 79.9. The van der Waals surface area contributed by atoms with Gasteiger partial charge in [-0.15, -0.1) is 10.2 Å². The molecule has 1 N–H and O–H groups in total. The van der Waals surface area contributed by atoms with Crippen molar-refractivity contribution >= 4 is 21.8 Å². The molecule has 2 aromatic heterocycles. The van der Waals surface area contributed by atoms with E-state index in [-0.39, 0.29) is 12.5 Å². The second-order valence-electron chi connectivity index (χ2n) is 7.50. The number of hydrogen-bond acceptors (Lipinski definition) is 4. The summed E-state index contributed by atoms with van der Waals surface area (Å²) in [5.74, 6) is 0.484. The summed E-state index contributed by atoms with van der Waals surface area (Å²) in [5, 5.41) is 15.9. The Hall–Kier alpha value is -3.26. The van der Waals surface area contributed by atoms with Gasteiger partial charge in [-0.1, -0.05) is 34.1 Å². The lowest BCUT2D eigenvalue weighted by molar-refractivity contribution is 0.0943. The number of nitrogens with one attached hydrogen (secondary N) is 1. The molecule has 7 nitrogen and oxygen atoms in total. The minimum absolute atomic E-state index is 0.184. The fourth-order valence-electron chi connectivity index (χ4n) is 4.00.